The van der Waals surface area contributed by atoms with Crippen LogP contribution in [0.5, 0.6) is 0 Å². The lowest BCUT2D eigenvalue weighted by molar-refractivity contribution is -0.115. The Labute approximate surface area is 199 Å². The van der Waals surface area contributed by atoms with Crippen LogP contribution in [0.3, 0.4) is 0 Å². The first kappa shape index (κ1) is 22.7. The Kier molecular flexibility index (Phi) is 7.20. The number of carbonyl (C=O) groups excluding carboxylic acids is 1. The number of pyridine rings is 2. The zero-order chi connectivity index (χ0) is 23.2. The fraction of sp³-hybridized carbons (Fsp3) is 0.222. The Morgan fingerprint density at radius 2 is 1.97 bits per heavy atom. The zero-order valence-corrected chi connectivity index (χ0v) is 19.6. The zero-order valence-electron chi connectivity index (χ0n) is 18.8. The topological polar surface area (TPSA) is 58.1 Å². The Bertz CT molecular complexity index is 1230. The number of hydrogen-bond donors (Lipinski definition) is 1. The van der Waals surface area contributed by atoms with Crippen LogP contribution in [0.4, 0.5) is 11.4 Å². The Hall–Kier alpha value is -3.44. The highest BCUT2D eigenvalue weighted by atomic mass is 35.5. The van der Waals surface area contributed by atoms with Gasteiger partial charge in [0.15, 0.2) is 0 Å². The molecule has 4 rings (SSSR count). The van der Waals surface area contributed by atoms with Gasteiger partial charge in [0.05, 0.1) is 17.2 Å². The van der Waals surface area contributed by atoms with Crippen LogP contribution < -0.4 is 10.2 Å². The highest BCUT2D eigenvalue weighted by Gasteiger charge is 2.31. The minimum absolute atomic E-state index is 0.101. The van der Waals surface area contributed by atoms with Crippen LogP contribution in [0.25, 0.3) is 11.0 Å². The van der Waals surface area contributed by atoms with Crippen molar-refractivity contribution in [2.45, 2.75) is 39.2 Å². The van der Waals surface area contributed by atoms with Crippen LogP contribution in [0.15, 0.2) is 95.5 Å². The summed E-state index contributed by atoms with van der Waals surface area (Å²) in [6.45, 7) is 4.15. The molecule has 168 valence electrons. The van der Waals surface area contributed by atoms with E-state index in [0.29, 0.717) is 17.0 Å². The fourth-order valence-corrected chi connectivity index (χ4v) is 4.16. The van der Waals surface area contributed by atoms with E-state index in [4.69, 9.17) is 11.6 Å². The molecule has 1 aromatic carbocycles. The van der Waals surface area contributed by atoms with Gasteiger partial charge in [0.1, 0.15) is 5.52 Å². The molecule has 0 bridgehead atoms. The second-order valence-corrected chi connectivity index (χ2v) is 8.33. The first-order valence-electron chi connectivity index (χ1n) is 11.2. The summed E-state index contributed by atoms with van der Waals surface area (Å²) < 4.78 is 0. The van der Waals surface area contributed by atoms with Crippen molar-refractivity contribution >= 4 is 39.9 Å². The van der Waals surface area contributed by atoms with Crippen LogP contribution >= 0.6 is 11.6 Å². The maximum Gasteiger partial charge on any atom is 0.260 e. The quantitative estimate of drug-likeness (QED) is 0.405. The van der Waals surface area contributed by atoms with Crippen molar-refractivity contribution < 1.29 is 4.79 Å². The SMILES string of the molecule is CCC/C=C\C(Cl)=C1/CC=C([C@H](C)Nc2ccnc3cccnc23)N(c2ccccc2)C1=O. The number of allylic oxidation sites excluding steroid dienone is 4. The molecule has 0 saturated heterocycles. The average molecular weight is 459 g/mol. The summed E-state index contributed by atoms with van der Waals surface area (Å²) in [5, 5.41) is 4.03. The number of carbonyl (C=O) groups is 1. The summed E-state index contributed by atoms with van der Waals surface area (Å²) in [4.78, 5) is 24.3. The lowest BCUT2D eigenvalue weighted by Crippen LogP contribution is -2.40. The first-order chi connectivity index (χ1) is 16.1. The van der Waals surface area contributed by atoms with Crippen molar-refractivity contribution in [2.24, 2.45) is 0 Å². The Morgan fingerprint density at radius 1 is 1.15 bits per heavy atom. The van der Waals surface area contributed by atoms with Gasteiger partial charge in [-0.15, -0.1) is 0 Å². The highest BCUT2D eigenvalue weighted by molar-refractivity contribution is 6.34. The maximum atomic E-state index is 13.6. The Morgan fingerprint density at radius 3 is 2.76 bits per heavy atom. The molecule has 6 heteroatoms. The van der Waals surface area contributed by atoms with E-state index in [2.05, 4.69) is 28.3 Å². The fourth-order valence-electron chi connectivity index (χ4n) is 3.91. The van der Waals surface area contributed by atoms with Crippen molar-refractivity contribution in [3.05, 3.63) is 95.5 Å². The third kappa shape index (κ3) is 4.99. The standard InChI is InChI=1S/C27H27ClN4O/c1-3-4-6-12-22(28)21-14-15-25(32(27(21)33)20-10-7-5-8-11-20)19(2)31-24-16-18-29-23-13-9-17-30-26(23)24/h5-13,15-19H,3-4,14H2,1-2H3,(H,29,31)/b12-6-,22-21-/t19-/m0/s1. The smallest absolute Gasteiger partial charge is 0.260 e. The number of para-hydroxylation sites is 1. The summed E-state index contributed by atoms with van der Waals surface area (Å²) in [5.41, 5.74) is 4.76. The van der Waals surface area contributed by atoms with Crippen LogP contribution in [-0.4, -0.2) is 21.9 Å². The molecular weight excluding hydrogens is 432 g/mol. The van der Waals surface area contributed by atoms with Crippen LogP contribution in [0, 0.1) is 0 Å². The number of benzene rings is 1. The third-order valence-corrected chi connectivity index (χ3v) is 5.92. The molecule has 0 radical (unpaired) electrons. The molecule has 3 aromatic rings. The largest absolute Gasteiger partial charge is 0.375 e. The lowest BCUT2D eigenvalue weighted by atomic mass is 9.99. The number of fused-ring (bicyclic) bond motifs is 1. The number of nitrogens with zero attached hydrogens (tertiary/aromatic N) is 3. The molecule has 1 aliphatic rings. The van der Waals surface area contributed by atoms with Gasteiger partial charge < -0.3 is 5.32 Å². The second-order valence-electron chi connectivity index (χ2n) is 7.92. The van der Waals surface area contributed by atoms with E-state index >= 15 is 0 Å². The molecule has 1 amide bonds. The lowest BCUT2D eigenvalue weighted by Gasteiger charge is -2.34. The Balaban J connectivity index is 1.70. The van der Waals surface area contributed by atoms with Gasteiger partial charge in [0.2, 0.25) is 0 Å². The molecule has 3 heterocycles. The van der Waals surface area contributed by atoms with Crippen molar-refractivity contribution in [1.82, 2.24) is 9.97 Å². The first-order valence-corrected chi connectivity index (χ1v) is 11.6. The van der Waals surface area contributed by atoms with Crippen molar-refractivity contribution in [3.8, 4) is 0 Å². The normalized spacial score (nSPS) is 16.8. The van der Waals surface area contributed by atoms with Crippen molar-refractivity contribution in [3.63, 3.8) is 0 Å². The monoisotopic (exact) mass is 458 g/mol. The summed E-state index contributed by atoms with van der Waals surface area (Å²) in [7, 11) is 0. The van der Waals surface area contributed by atoms with Gasteiger partial charge in [-0.05, 0) is 56.2 Å². The summed E-state index contributed by atoms with van der Waals surface area (Å²) >= 11 is 6.55. The molecule has 1 N–H and O–H groups in total. The molecule has 0 saturated carbocycles. The second kappa shape index (κ2) is 10.5. The number of unbranched alkanes of at least 4 members (excludes halogenated alkanes) is 1. The van der Waals surface area contributed by atoms with Gasteiger partial charge >= 0.3 is 0 Å². The molecule has 0 fully saturated rings. The number of amides is 1. The van der Waals surface area contributed by atoms with E-state index in [1.165, 1.54) is 0 Å². The minimum atomic E-state index is -0.155. The van der Waals surface area contributed by atoms with Gasteiger partial charge in [0.25, 0.3) is 5.91 Å². The molecule has 2 aromatic heterocycles. The van der Waals surface area contributed by atoms with Gasteiger partial charge in [-0.2, -0.15) is 0 Å². The van der Waals surface area contributed by atoms with E-state index in [0.717, 1.165) is 40.9 Å². The van der Waals surface area contributed by atoms with E-state index < -0.39 is 0 Å². The summed E-state index contributed by atoms with van der Waals surface area (Å²) in [5.74, 6) is -0.101. The molecule has 1 atom stereocenters. The molecule has 0 aliphatic carbocycles. The number of hydrogen-bond acceptors (Lipinski definition) is 4. The number of halogens is 1. The van der Waals surface area contributed by atoms with Gasteiger partial charge in [0, 0.05) is 34.4 Å². The van der Waals surface area contributed by atoms with Crippen LogP contribution in [0.1, 0.15) is 33.1 Å². The number of anilines is 2. The molecular formula is C27H27ClN4O. The third-order valence-electron chi connectivity index (χ3n) is 5.57. The maximum absolute atomic E-state index is 13.6. The molecule has 0 unspecified atom stereocenters. The van der Waals surface area contributed by atoms with Crippen molar-refractivity contribution in [2.75, 3.05) is 10.2 Å². The highest BCUT2D eigenvalue weighted by Crippen LogP contribution is 2.33. The molecule has 33 heavy (non-hydrogen) atoms. The van der Waals surface area contributed by atoms with Gasteiger partial charge in [-0.1, -0.05) is 55.3 Å². The van der Waals surface area contributed by atoms with E-state index in [9.17, 15) is 4.79 Å². The molecule has 5 nitrogen and oxygen atoms in total. The number of rotatable bonds is 7. The summed E-state index contributed by atoms with van der Waals surface area (Å²) in [6.07, 6.45) is 11.9. The molecule has 1 aliphatic heterocycles. The molecule has 0 spiro atoms. The van der Waals surface area contributed by atoms with Gasteiger partial charge in [-0.3, -0.25) is 19.7 Å². The van der Waals surface area contributed by atoms with E-state index in [1.807, 2.05) is 67.6 Å². The number of nitrogens with one attached hydrogen (secondary N) is 1. The van der Waals surface area contributed by atoms with E-state index in [-0.39, 0.29) is 11.9 Å². The minimum Gasteiger partial charge on any atom is -0.375 e. The predicted molar refractivity (Wildman–Crippen MR) is 136 cm³/mol. The predicted octanol–water partition coefficient (Wildman–Crippen LogP) is 6.60. The van der Waals surface area contributed by atoms with Gasteiger partial charge in [-0.25, -0.2) is 0 Å². The van der Waals surface area contributed by atoms with Crippen molar-refractivity contribution in [1.29, 1.82) is 0 Å². The number of aromatic nitrogens is 2. The average Bonchev–Trinajstić information content (AvgIpc) is 2.84. The summed E-state index contributed by atoms with van der Waals surface area (Å²) in [6, 6.07) is 15.2. The van der Waals surface area contributed by atoms with E-state index in [1.54, 1.807) is 17.3 Å². The van der Waals surface area contributed by atoms with Crippen LogP contribution in [0.2, 0.25) is 0 Å². The van der Waals surface area contributed by atoms with Crippen LogP contribution in [-0.2, 0) is 4.79 Å².